The molecule has 0 saturated carbocycles. The van der Waals surface area contributed by atoms with Gasteiger partial charge in [-0.25, -0.2) is 0 Å². The second kappa shape index (κ2) is 7.18. The summed E-state index contributed by atoms with van der Waals surface area (Å²) < 4.78 is 5.64. The first-order valence-electron chi connectivity index (χ1n) is 8.57. The molecule has 5 nitrogen and oxygen atoms in total. The van der Waals surface area contributed by atoms with E-state index < -0.39 is 0 Å². The van der Waals surface area contributed by atoms with Crippen LogP contribution in [0.3, 0.4) is 0 Å². The van der Waals surface area contributed by atoms with Crippen LogP contribution in [0.25, 0.3) is 0 Å². The van der Waals surface area contributed by atoms with Crippen LogP contribution >= 0.6 is 0 Å². The maximum absolute atomic E-state index is 12.4. The minimum absolute atomic E-state index is 0.119. The topological polar surface area (TPSA) is 58.4 Å². The molecule has 1 N–H and O–H groups in total. The van der Waals surface area contributed by atoms with Crippen molar-refractivity contribution in [3.63, 3.8) is 0 Å². The molecule has 3 rings (SSSR count). The Morgan fingerprint density at radius 1 is 1.50 bits per heavy atom. The number of likely N-dealkylation sites (tertiary alicyclic amines) is 1. The Balaban J connectivity index is 1.67. The molecule has 0 aromatic carbocycles. The third-order valence-corrected chi connectivity index (χ3v) is 4.85. The fourth-order valence-corrected chi connectivity index (χ4v) is 3.57. The molecule has 1 saturated heterocycles. The summed E-state index contributed by atoms with van der Waals surface area (Å²) in [5, 5.41) is 3.06. The fraction of sp³-hybridized carbons (Fsp3) is 0.474. The molecule has 5 heteroatoms. The van der Waals surface area contributed by atoms with Gasteiger partial charge in [-0.15, -0.1) is 0 Å². The highest BCUT2D eigenvalue weighted by Crippen LogP contribution is 2.35. The molecule has 1 aliphatic rings. The molecule has 2 aromatic heterocycles. The van der Waals surface area contributed by atoms with Gasteiger partial charge < -0.3 is 9.73 Å². The van der Waals surface area contributed by atoms with Gasteiger partial charge in [0.15, 0.2) is 5.76 Å². The number of pyridine rings is 1. The second-order valence-corrected chi connectivity index (χ2v) is 6.55. The van der Waals surface area contributed by atoms with Crippen molar-refractivity contribution in [2.45, 2.75) is 32.7 Å². The van der Waals surface area contributed by atoms with E-state index in [4.69, 9.17) is 4.42 Å². The Bertz CT molecular complexity index is 696. The standard InChI is InChI=1S/C19H25N3O2/c1-4-16-10-13(2)18(24-16)19(23)21-12-15-7-9-22(3)17(15)14-6-5-8-20-11-14/h5-6,8,10-11,15,17H,4,7,9,12H2,1-3H3,(H,21,23)/t15-,17-/m0/s1. The maximum Gasteiger partial charge on any atom is 0.287 e. The summed E-state index contributed by atoms with van der Waals surface area (Å²) in [6.07, 6.45) is 5.57. The molecule has 24 heavy (non-hydrogen) atoms. The molecule has 0 aliphatic carbocycles. The normalized spacial score (nSPS) is 21.1. The molecule has 1 fully saturated rings. The van der Waals surface area contributed by atoms with Gasteiger partial charge in [-0.1, -0.05) is 13.0 Å². The summed E-state index contributed by atoms with van der Waals surface area (Å²) in [7, 11) is 2.13. The van der Waals surface area contributed by atoms with Crippen LogP contribution in [0.4, 0.5) is 0 Å². The summed E-state index contributed by atoms with van der Waals surface area (Å²) in [5.74, 6) is 1.55. The lowest BCUT2D eigenvalue weighted by Gasteiger charge is -2.25. The average molecular weight is 327 g/mol. The number of carbonyl (C=O) groups excluding carboxylic acids is 1. The monoisotopic (exact) mass is 327 g/mol. The molecule has 1 aliphatic heterocycles. The largest absolute Gasteiger partial charge is 0.456 e. The predicted octanol–water partition coefficient (Wildman–Crippen LogP) is 2.97. The van der Waals surface area contributed by atoms with Crippen LogP contribution in [0.2, 0.25) is 0 Å². The van der Waals surface area contributed by atoms with E-state index in [1.165, 1.54) is 5.56 Å². The molecule has 0 unspecified atom stereocenters. The van der Waals surface area contributed by atoms with Crippen LogP contribution in [0.1, 0.15) is 46.8 Å². The van der Waals surface area contributed by atoms with Crippen LogP contribution in [0, 0.1) is 12.8 Å². The van der Waals surface area contributed by atoms with Crippen molar-refractivity contribution in [2.75, 3.05) is 20.1 Å². The fourth-order valence-electron chi connectivity index (χ4n) is 3.57. The third kappa shape index (κ3) is 3.36. The lowest BCUT2D eigenvalue weighted by atomic mass is 9.94. The molecule has 3 heterocycles. The number of rotatable bonds is 5. The third-order valence-electron chi connectivity index (χ3n) is 4.85. The molecule has 0 bridgehead atoms. The van der Waals surface area contributed by atoms with E-state index in [2.05, 4.69) is 28.3 Å². The van der Waals surface area contributed by atoms with Crippen LogP contribution in [-0.2, 0) is 6.42 Å². The summed E-state index contributed by atoms with van der Waals surface area (Å²) in [5.41, 5.74) is 2.11. The Kier molecular flexibility index (Phi) is 5.00. The highest BCUT2D eigenvalue weighted by atomic mass is 16.4. The number of amides is 1. The number of aromatic nitrogens is 1. The number of aryl methyl sites for hydroxylation is 2. The van der Waals surface area contributed by atoms with Gasteiger partial charge in [-0.3, -0.25) is 14.7 Å². The zero-order valence-corrected chi connectivity index (χ0v) is 14.6. The molecule has 2 aromatic rings. The van der Waals surface area contributed by atoms with Crippen LogP contribution in [-0.4, -0.2) is 35.9 Å². The van der Waals surface area contributed by atoms with Crippen LogP contribution in [0.15, 0.2) is 35.0 Å². The van der Waals surface area contributed by atoms with Gasteiger partial charge in [0.25, 0.3) is 5.91 Å². The van der Waals surface area contributed by atoms with Gasteiger partial charge in [-0.05, 0) is 50.6 Å². The Morgan fingerprint density at radius 2 is 2.33 bits per heavy atom. The van der Waals surface area contributed by atoms with E-state index in [1.807, 2.05) is 32.2 Å². The summed E-state index contributed by atoms with van der Waals surface area (Å²) in [6, 6.07) is 6.31. The minimum atomic E-state index is -0.119. The summed E-state index contributed by atoms with van der Waals surface area (Å²) in [4.78, 5) is 19.0. The lowest BCUT2D eigenvalue weighted by molar-refractivity contribution is 0.0913. The Hall–Kier alpha value is -2.14. The molecule has 1 amide bonds. The molecule has 2 atom stereocenters. The zero-order chi connectivity index (χ0) is 17.1. The van der Waals surface area contributed by atoms with Gasteiger partial charge in [0.2, 0.25) is 0 Å². The lowest BCUT2D eigenvalue weighted by Crippen LogP contribution is -2.32. The average Bonchev–Trinajstić information content (AvgIpc) is 3.16. The number of furan rings is 1. The van der Waals surface area contributed by atoms with Gasteiger partial charge in [-0.2, -0.15) is 0 Å². The molecule has 0 radical (unpaired) electrons. The van der Waals surface area contributed by atoms with Crippen molar-refractivity contribution in [1.29, 1.82) is 0 Å². The molecular formula is C19H25N3O2. The van der Waals surface area contributed by atoms with Crippen molar-refractivity contribution in [2.24, 2.45) is 5.92 Å². The Labute approximate surface area is 143 Å². The van der Waals surface area contributed by atoms with Gasteiger partial charge in [0, 0.05) is 37.0 Å². The quantitative estimate of drug-likeness (QED) is 0.917. The van der Waals surface area contributed by atoms with Crippen molar-refractivity contribution in [1.82, 2.24) is 15.2 Å². The van der Waals surface area contributed by atoms with E-state index in [9.17, 15) is 4.79 Å². The number of carbonyl (C=O) groups is 1. The van der Waals surface area contributed by atoms with E-state index in [-0.39, 0.29) is 5.91 Å². The first-order valence-corrected chi connectivity index (χ1v) is 8.57. The van der Waals surface area contributed by atoms with E-state index in [0.717, 1.165) is 30.7 Å². The van der Waals surface area contributed by atoms with Crippen molar-refractivity contribution >= 4 is 5.91 Å². The van der Waals surface area contributed by atoms with Gasteiger partial charge in [0.05, 0.1) is 0 Å². The van der Waals surface area contributed by atoms with Crippen molar-refractivity contribution in [3.8, 4) is 0 Å². The smallest absolute Gasteiger partial charge is 0.287 e. The number of nitrogens with zero attached hydrogens (tertiary/aromatic N) is 2. The van der Waals surface area contributed by atoms with Crippen LogP contribution in [0.5, 0.6) is 0 Å². The number of hydrogen-bond donors (Lipinski definition) is 1. The highest BCUT2D eigenvalue weighted by Gasteiger charge is 2.33. The summed E-state index contributed by atoms with van der Waals surface area (Å²) >= 11 is 0. The maximum atomic E-state index is 12.4. The van der Waals surface area contributed by atoms with E-state index >= 15 is 0 Å². The number of hydrogen-bond acceptors (Lipinski definition) is 4. The SMILES string of the molecule is CCc1cc(C)c(C(=O)NC[C@@H]2CCN(C)[C@H]2c2cccnc2)o1. The van der Waals surface area contributed by atoms with Gasteiger partial charge in [0.1, 0.15) is 5.76 Å². The van der Waals surface area contributed by atoms with Crippen LogP contribution < -0.4 is 5.32 Å². The summed E-state index contributed by atoms with van der Waals surface area (Å²) in [6.45, 7) is 5.61. The molecule has 0 spiro atoms. The van der Waals surface area contributed by atoms with E-state index in [1.54, 1.807) is 6.20 Å². The van der Waals surface area contributed by atoms with Crippen molar-refractivity contribution in [3.05, 3.63) is 53.2 Å². The van der Waals surface area contributed by atoms with E-state index in [0.29, 0.717) is 24.3 Å². The van der Waals surface area contributed by atoms with Gasteiger partial charge >= 0.3 is 0 Å². The Morgan fingerprint density at radius 3 is 3.00 bits per heavy atom. The number of nitrogens with one attached hydrogen (secondary N) is 1. The zero-order valence-electron chi connectivity index (χ0n) is 14.6. The minimum Gasteiger partial charge on any atom is -0.456 e. The predicted molar refractivity (Wildman–Crippen MR) is 92.9 cm³/mol. The molecular weight excluding hydrogens is 302 g/mol. The second-order valence-electron chi connectivity index (χ2n) is 6.55. The molecule has 128 valence electrons. The first-order chi connectivity index (χ1) is 11.6. The highest BCUT2D eigenvalue weighted by molar-refractivity contribution is 5.92. The first kappa shape index (κ1) is 16.7. The van der Waals surface area contributed by atoms with Crippen molar-refractivity contribution < 1.29 is 9.21 Å².